The average Bonchev–Trinajstić information content (AvgIpc) is 2.43. The lowest BCUT2D eigenvalue weighted by Gasteiger charge is -2.09. The van der Waals surface area contributed by atoms with Gasteiger partial charge in [-0.15, -0.1) is 0 Å². The number of benzene rings is 1. The normalized spacial score (nSPS) is 10.4. The summed E-state index contributed by atoms with van der Waals surface area (Å²) in [5, 5.41) is 4.10. The van der Waals surface area contributed by atoms with E-state index in [0.717, 1.165) is 16.8 Å². The molecule has 0 aliphatic carbocycles. The van der Waals surface area contributed by atoms with Gasteiger partial charge in [-0.05, 0) is 28.9 Å². The summed E-state index contributed by atoms with van der Waals surface area (Å²) in [6.45, 7) is 3.08. The minimum atomic E-state index is 0.275. The highest BCUT2D eigenvalue weighted by Gasteiger charge is 2.07. The molecular weight excluding hydrogens is 365 g/mol. The van der Waals surface area contributed by atoms with E-state index in [1.807, 2.05) is 6.92 Å². The molecule has 0 unspecified atom stereocenters. The molecule has 0 fully saturated rings. The molecule has 7 heteroatoms. The molecule has 0 saturated carbocycles. The Balaban J connectivity index is 2.03. The van der Waals surface area contributed by atoms with Gasteiger partial charge in [0, 0.05) is 17.1 Å². The lowest BCUT2D eigenvalue weighted by Crippen LogP contribution is -2.03. The van der Waals surface area contributed by atoms with E-state index in [0.29, 0.717) is 21.5 Å². The Labute approximate surface area is 135 Å². The summed E-state index contributed by atoms with van der Waals surface area (Å²) < 4.78 is 6.33. The molecule has 0 spiro atoms. The van der Waals surface area contributed by atoms with Crippen molar-refractivity contribution in [2.45, 2.75) is 13.5 Å². The summed E-state index contributed by atoms with van der Waals surface area (Å²) >= 11 is 15.4. The second kappa shape index (κ2) is 7.11. The van der Waals surface area contributed by atoms with Gasteiger partial charge in [0.25, 0.3) is 0 Å². The highest BCUT2D eigenvalue weighted by Crippen LogP contribution is 2.34. The van der Waals surface area contributed by atoms with Crippen LogP contribution >= 0.6 is 39.1 Å². The zero-order chi connectivity index (χ0) is 14.5. The van der Waals surface area contributed by atoms with Crippen molar-refractivity contribution in [3.05, 3.63) is 44.7 Å². The zero-order valence-corrected chi connectivity index (χ0v) is 13.8. The summed E-state index contributed by atoms with van der Waals surface area (Å²) in [5.41, 5.74) is 0.710. The number of rotatable bonds is 5. The van der Waals surface area contributed by atoms with Crippen LogP contribution in [0.25, 0.3) is 0 Å². The first kappa shape index (κ1) is 15.4. The summed E-state index contributed by atoms with van der Waals surface area (Å²) in [6, 6.07) is 3.35. The molecule has 0 bridgehead atoms. The van der Waals surface area contributed by atoms with E-state index in [-0.39, 0.29) is 6.61 Å². The minimum Gasteiger partial charge on any atom is -0.486 e. The highest BCUT2D eigenvalue weighted by atomic mass is 79.9. The SMILES string of the molecule is CCNc1cnc(COc2cc(Cl)c(Br)cc2Cl)cn1. The quantitative estimate of drug-likeness (QED) is 0.777. The summed E-state index contributed by atoms with van der Waals surface area (Å²) in [6.07, 6.45) is 3.32. The Bertz CT molecular complexity index is 593. The molecule has 0 amide bonds. The Morgan fingerprint density at radius 1 is 1.20 bits per heavy atom. The predicted octanol–water partition coefficient (Wildman–Crippen LogP) is 4.56. The van der Waals surface area contributed by atoms with Gasteiger partial charge in [-0.1, -0.05) is 23.2 Å². The molecule has 2 rings (SSSR count). The van der Waals surface area contributed by atoms with Crippen LogP contribution in [0.4, 0.5) is 5.82 Å². The van der Waals surface area contributed by atoms with Gasteiger partial charge in [0.2, 0.25) is 0 Å². The van der Waals surface area contributed by atoms with E-state index in [9.17, 15) is 0 Å². The van der Waals surface area contributed by atoms with E-state index in [1.165, 1.54) is 0 Å². The maximum absolute atomic E-state index is 6.07. The molecule has 1 N–H and O–H groups in total. The number of hydrogen-bond donors (Lipinski definition) is 1. The summed E-state index contributed by atoms with van der Waals surface area (Å²) in [4.78, 5) is 8.46. The van der Waals surface area contributed by atoms with Crippen LogP contribution in [-0.2, 0) is 6.61 Å². The van der Waals surface area contributed by atoms with Gasteiger partial charge in [-0.25, -0.2) is 4.98 Å². The van der Waals surface area contributed by atoms with Crippen molar-refractivity contribution >= 4 is 44.9 Å². The lowest BCUT2D eigenvalue weighted by molar-refractivity contribution is 0.301. The molecule has 0 saturated heterocycles. The topological polar surface area (TPSA) is 47.0 Å². The number of ether oxygens (including phenoxy) is 1. The Hall–Kier alpha value is -1.04. The number of halogens is 3. The Morgan fingerprint density at radius 3 is 2.65 bits per heavy atom. The van der Waals surface area contributed by atoms with E-state index >= 15 is 0 Å². The molecule has 0 atom stereocenters. The molecule has 0 radical (unpaired) electrons. The van der Waals surface area contributed by atoms with E-state index < -0.39 is 0 Å². The Kier molecular flexibility index (Phi) is 5.46. The lowest BCUT2D eigenvalue weighted by atomic mass is 10.3. The third kappa shape index (κ3) is 3.98. The maximum Gasteiger partial charge on any atom is 0.144 e. The zero-order valence-electron chi connectivity index (χ0n) is 10.7. The largest absolute Gasteiger partial charge is 0.486 e. The van der Waals surface area contributed by atoms with Gasteiger partial charge in [0.1, 0.15) is 18.2 Å². The van der Waals surface area contributed by atoms with Crippen molar-refractivity contribution in [1.29, 1.82) is 0 Å². The minimum absolute atomic E-state index is 0.275. The van der Waals surface area contributed by atoms with Crippen molar-refractivity contribution in [3.63, 3.8) is 0 Å². The molecular formula is C13H12BrCl2N3O. The number of nitrogens with one attached hydrogen (secondary N) is 1. The van der Waals surface area contributed by atoms with Gasteiger partial charge in [0.15, 0.2) is 0 Å². The average molecular weight is 377 g/mol. The van der Waals surface area contributed by atoms with Crippen molar-refractivity contribution in [1.82, 2.24) is 9.97 Å². The van der Waals surface area contributed by atoms with Crippen LogP contribution in [0, 0.1) is 0 Å². The molecule has 1 aromatic heterocycles. The highest BCUT2D eigenvalue weighted by molar-refractivity contribution is 9.10. The fourth-order valence-electron chi connectivity index (χ4n) is 1.47. The third-order valence-corrected chi connectivity index (χ3v) is 3.91. The first-order chi connectivity index (χ1) is 9.60. The van der Waals surface area contributed by atoms with Crippen LogP contribution in [0.3, 0.4) is 0 Å². The van der Waals surface area contributed by atoms with E-state index in [4.69, 9.17) is 27.9 Å². The van der Waals surface area contributed by atoms with Gasteiger partial charge < -0.3 is 10.1 Å². The Morgan fingerprint density at radius 2 is 2.00 bits per heavy atom. The molecule has 0 aliphatic rings. The second-order valence-corrected chi connectivity index (χ2v) is 5.58. The van der Waals surface area contributed by atoms with Gasteiger partial charge in [-0.3, -0.25) is 4.98 Å². The monoisotopic (exact) mass is 375 g/mol. The van der Waals surface area contributed by atoms with Gasteiger partial charge in [-0.2, -0.15) is 0 Å². The van der Waals surface area contributed by atoms with Crippen LogP contribution in [0.1, 0.15) is 12.6 Å². The number of hydrogen-bond acceptors (Lipinski definition) is 4. The van der Waals surface area contributed by atoms with Crippen molar-refractivity contribution in [3.8, 4) is 5.75 Å². The smallest absolute Gasteiger partial charge is 0.144 e. The molecule has 20 heavy (non-hydrogen) atoms. The van der Waals surface area contributed by atoms with Gasteiger partial charge in [0.05, 0.1) is 28.1 Å². The van der Waals surface area contributed by atoms with E-state index in [1.54, 1.807) is 24.5 Å². The molecule has 106 valence electrons. The predicted molar refractivity (Wildman–Crippen MR) is 84.7 cm³/mol. The van der Waals surface area contributed by atoms with E-state index in [2.05, 4.69) is 31.2 Å². The summed E-state index contributed by atoms with van der Waals surface area (Å²) in [7, 11) is 0. The number of anilines is 1. The fourth-order valence-corrected chi connectivity index (χ4v) is 2.32. The van der Waals surface area contributed by atoms with Crippen LogP contribution in [0.2, 0.25) is 10.0 Å². The number of nitrogens with zero attached hydrogens (tertiary/aromatic N) is 2. The third-order valence-electron chi connectivity index (χ3n) is 2.41. The number of aromatic nitrogens is 2. The van der Waals surface area contributed by atoms with Crippen LogP contribution < -0.4 is 10.1 Å². The first-order valence-electron chi connectivity index (χ1n) is 5.92. The second-order valence-electron chi connectivity index (χ2n) is 3.91. The molecule has 1 heterocycles. The van der Waals surface area contributed by atoms with Gasteiger partial charge >= 0.3 is 0 Å². The molecule has 4 nitrogen and oxygen atoms in total. The standard InChI is InChI=1S/C13H12BrCl2N3O/c1-2-17-13-6-18-8(5-19-13)7-20-12-4-10(15)9(14)3-11(12)16/h3-6H,2,7H2,1H3,(H,17,19). The molecule has 0 aliphatic heterocycles. The van der Waals surface area contributed by atoms with Crippen LogP contribution in [-0.4, -0.2) is 16.5 Å². The van der Waals surface area contributed by atoms with Crippen LogP contribution in [0.15, 0.2) is 29.0 Å². The first-order valence-corrected chi connectivity index (χ1v) is 7.47. The molecule has 2 aromatic rings. The molecule has 1 aromatic carbocycles. The summed E-state index contributed by atoms with van der Waals surface area (Å²) in [5.74, 6) is 1.25. The van der Waals surface area contributed by atoms with Crippen molar-refractivity contribution in [2.75, 3.05) is 11.9 Å². The van der Waals surface area contributed by atoms with Crippen molar-refractivity contribution in [2.24, 2.45) is 0 Å². The fraction of sp³-hybridized carbons (Fsp3) is 0.231. The van der Waals surface area contributed by atoms with Crippen LogP contribution in [0.5, 0.6) is 5.75 Å². The van der Waals surface area contributed by atoms with Crippen molar-refractivity contribution < 1.29 is 4.74 Å². The maximum atomic E-state index is 6.07.